The smallest absolute Gasteiger partial charge is 0.160 e. The van der Waals surface area contributed by atoms with E-state index in [0.29, 0.717) is 11.6 Å². The number of aromatic nitrogens is 4. The Balaban J connectivity index is 1.04. The van der Waals surface area contributed by atoms with E-state index in [0.717, 1.165) is 77.8 Å². The average molecular weight is 735 g/mol. The van der Waals surface area contributed by atoms with Crippen LogP contribution in [-0.2, 0) is 0 Å². The van der Waals surface area contributed by atoms with Gasteiger partial charge in [-0.05, 0) is 47.0 Å². The van der Waals surface area contributed by atoms with Crippen molar-refractivity contribution in [2.45, 2.75) is 0 Å². The number of rotatable bonds is 6. The molecular weight excluding hydrogens is 705 g/mol. The molecule has 11 rings (SSSR count). The Morgan fingerprint density at radius 1 is 0.393 bits per heavy atom. The van der Waals surface area contributed by atoms with Crippen LogP contribution in [0.25, 0.3) is 110 Å². The largest absolute Gasteiger partial charge is 0.455 e. The van der Waals surface area contributed by atoms with Gasteiger partial charge in [-0.3, -0.25) is 0 Å². The molecule has 0 fully saturated rings. The second kappa shape index (κ2) is 13.2. The predicted molar refractivity (Wildman–Crippen MR) is 230 cm³/mol. The number of benzene rings is 7. The number of nitrogens with zero attached hydrogens (tertiary/aromatic N) is 4. The van der Waals surface area contributed by atoms with Crippen molar-refractivity contribution < 1.29 is 4.42 Å². The van der Waals surface area contributed by atoms with Crippen molar-refractivity contribution in [3.8, 4) is 67.5 Å². The van der Waals surface area contributed by atoms with E-state index in [-0.39, 0.29) is 0 Å². The summed E-state index contributed by atoms with van der Waals surface area (Å²) in [5.74, 6) is 1.28. The number of hydrogen-bond donors (Lipinski definition) is 0. The van der Waals surface area contributed by atoms with Crippen molar-refractivity contribution >= 4 is 53.4 Å². The van der Waals surface area contributed by atoms with Gasteiger partial charge >= 0.3 is 0 Å². The lowest BCUT2D eigenvalue weighted by molar-refractivity contribution is 0.670. The maximum Gasteiger partial charge on any atom is 0.160 e. The van der Waals surface area contributed by atoms with Gasteiger partial charge in [-0.25, -0.2) is 19.9 Å². The lowest BCUT2D eigenvalue weighted by atomic mass is 9.95. The van der Waals surface area contributed by atoms with E-state index in [1.165, 1.54) is 20.2 Å². The van der Waals surface area contributed by atoms with Gasteiger partial charge in [-0.1, -0.05) is 140 Å². The summed E-state index contributed by atoms with van der Waals surface area (Å²) in [5.41, 5.74) is 11.3. The maximum absolute atomic E-state index is 6.76. The zero-order valence-corrected chi connectivity index (χ0v) is 30.7. The van der Waals surface area contributed by atoms with Gasteiger partial charge < -0.3 is 4.42 Å². The molecule has 0 amide bonds. The summed E-state index contributed by atoms with van der Waals surface area (Å²) in [6.45, 7) is 0. The molecule has 4 aromatic heterocycles. The summed E-state index contributed by atoms with van der Waals surface area (Å²) in [6, 6.07) is 58.7. The lowest BCUT2D eigenvalue weighted by Crippen LogP contribution is -1.97. The van der Waals surface area contributed by atoms with E-state index >= 15 is 0 Å². The highest BCUT2D eigenvalue weighted by molar-refractivity contribution is 7.25. The van der Waals surface area contributed by atoms with Gasteiger partial charge in [-0.15, -0.1) is 11.3 Å². The average Bonchev–Trinajstić information content (AvgIpc) is 3.85. The molecule has 0 aliphatic heterocycles. The molecule has 4 heterocycles. The normalized spacial score (nSPS) is 11.6. The number of fused-ring (bicyclic) bond motifs is 6. The Morgan fingerprint density at radius 2 is 1.00 bits per heavy atom. The summed E-state index contributed by atoms with van der Waals surface area (Å²) in [5, 5.41) is 4.72. The topological polar surface area (TPSA) is 64.7 Å². The van der Waals surface area contributed by atoms with Gasteiger partial charge in [0.15, 0.2) is 11.6 Å². The van der Waals surface area contributed by atoms with Crippen molar-refractivity contribution in [3.63, 3.8) is 0 Å². The SMILES string of the molecule is c1ccc(-c2cnc(-c3ccc(-c4nc(-c5ccccc5)cc(-c5ccc(-c6ccc7c(c6)sc6ccccc67)c6c5oc5ccccc56)n4)cc3)nc2)cc1. The van der Waals surface area contributed by atoms with Crippen LogP contribution in [0, 0.1) is 0 Å². The third-order valence-electron chi connectivity index (χ3n) is 10.4. The molecule has 0 saturated heterocycles. The summed E-state index contributed by atoms with van der Waals surface area (Å²) < 4.78 is 9.32. The monoisotopic (exact) mass is 734 g/mol. The molecule has 0 spiro atoms. The van der Waals surface area contributed by atoms with E-state index in [2.05, 4.69) is 107 Å². The van der Waals surface area contributed by atoms with Crippen LogP contribution in [0.4, 0.5) is 0 Å². The van der Waals surface area contributed by atoms with Gasteiger partial charge in [0.2, 0.25) is 0 Å². The zero-order chi connectivity index (χ0) is 37.0. The molecule has 6 heteroatoms. The van der Waals surface area contributed by atoms with Gasteiger partial charge in [0, 0.05) is 71.2 Å². The number of thiophene rings is 1. The second-order valence-corrected chi connectivity index (χ2v) is 14.9. The Labute approximate surface area is 326 Å². The number of para-hydroxylation sites is 1. The molecule has 7 aromatic carbocycles. The van der Waals surface area contributed by atoms with Crippen molar-refractivity contribution in [2.75, 3.05) is 0 Å². The minimum Gasteiger partial charge on any atom is -0.455 e. The van der Waals surface area contributed by atoms with Crippen LogP contribution >= 0.6 is 11.3 Å². The quantitative estimate of drug-likeness (QED) is 0.170. The third-order valence-corrected chi connectivity index (χ3v) is 11.6. The van der Waals surface area contributed by atoms with E-state index in [9.17, 15) is 0 Å². The molecule has 11 aromatic rings. The van der Waals surface area contributed by atoms with Crippen LogP contribution < -0.4 is 0 Å². The van der Waals surface area contributed by atoms with Crippen LogP contribution in [-0.4, -0.2) is 19.9 Å². The van der Waals surface area contributed by atoms with Gasteiger partial charge in [0.05, 0.1) is 11.4 Å². The standard InChI is InChI=1S/C50H30N4OS/c1-3-11-31(12-4-1)36-29-51-49(52-30-36)33-19-21-34(22-20-33)50-53-42(32-13-5-2-6-14-32)28-43(54-50)40-26-25-37(47-41-16-7-9-17-44(41)55-48(40)47)35-23-24-39-38-15-8-10-18-45(38)56-46(39)27-35/h1-30H. The molecule has 0 unspecified atom stereocenters. The number of furan rings is 1. The van der Waals surface area contributed by atoms with Crippen molar-refractivity contribution in [3.05, 3.63) is 182 Å². The van der Waals surface area contributed by atoms with E-state index < -0.39 is 0 Å². The molecule has 56 heavy (non-hydrogen) atoms. The molecule has 0 atom stereocenters. The molecule has 0 N–H and O–H groups in total. The van der Waals surface area contributed by atoms with E-state index in [4.69, 9.17) is 14.4 Å². The predicted octanol–water partition coefficient (Wildman–Crippen LogP) is 13.5. The van der Waals surface area contributed by atoms with E-state index in [1.807, 2.05) is 96.5 Å². The van der Waals surface area contributed by atoms with Gasteiger partial charge in [-0.2, -0.15) is 0 Å². The molecule has 0 bridgehead atoms. The van der Waals surface area contributed by atoms with Crippen LogP contribution in [0.2, 0.25) is 0 Å². The molecule has 0 radical (unpaired) electrons. The fraction of sp³-hybridized carbons (Fsp3) is 0. The van der Waals surface area contributed by atoms with Gasteiger partial charge in [0.1, 0.15) is 11.2 Å². The highest BCUT2D eigenvalue weighted by Gasteiger charge is 2.20. The highest BCUT2D eigenvalue weighted by Crippen LogP contribution is 2.44. The van der Waals surface area contributed by atoms with Crippen molar-refractivity contribution in [1.82, 2.24) is 19.9 Å². The van der Waals surface area contributed by atoms with Crippen LogP contribution in [0.15, 0.2) is 187 Å². The number of hydrogen-bond acceptors (Lipinski definition) is 6. The molecule has 5 nitrogen and oxygen atoms in total. The molecule has 262 valence electrons. The van der Waals surface area contributed by atoms with Crippen molar-refractivity contribution in [1.29, 1.82) is 0 Å². The van der Waals surface area contributed by atoms with Crippen LogP contribution in [0.5, 0.6) is 0 Å². The summed E-state index contributed by atoms with van der Waals surface area (Å²) in [6.07, 6.45) is 3.74. The fourth-order valence-electron chi connectivity index (χ4n) is 7.66. The first kappa shape index (κ1) is 32.2. The summed E-state index contributed by atoms with van der Waals surface area (Å²) in [7, 11) is 0. The zero-order valence-electron chi connectivity index (χ0n) is 29.9. The fourth-order valence-corrected chi connectivity index (χ4v) is 8.81. The molecule has 0 aliphatic rings. The second-order valence-electron chi connectivity index (χ2n) is 13.8. The summed E-state index contributed by atoms with van der Waals surface area (Å²) in [4.78, 5) is 19.7. The van der Waals surface area contributed by atoms with Crippen molar-refractivity contribution in [2.24, 2.45) is 0 Å². The molecule has 0 aliphatic carbocycles. The van der Waals surface area contributed by atoms with Crippen LogP contribution in [0.1, 0.15) is 0 Å². The Bertz CT molecular complexity index is 3230. The van der Waals surface area contributed by atoms with Gasteiger partial charge in [0.25, 0.3) is 0 Å². The Hall–Kier alpha value is -7.28. The van der Waals surface area contributed by atoms with Crippen LogP contribution in [0.3, 0.4) is 0 Å². The van der Waals surface area contributed by atoms with E-state index in [1.54, 1.807) is 0 Å². The lowest BCUT2D eigenvalue weighted by Gasteiger charge is -2.12. The maximum atomic E-state index is 6.76. The Kier molecular flexibility index (Phi) is 7.60. The minimum absolute atomic E-state index is 0.622. The first-order valence-electron chi connectivity index (χ1n) is 18.5. The molecule has 0 saturated carbocycles. The highest BCUT2D eigenvalue weighted by atomic mass is 32.1. The molecular formula is C50H30N4OS. The Morgan fingerprint density at radius 3 is 1.79 bits per heavy atom. The minimum atomic E-state index is 0.622. The first-order chi connectivity index (χ1) is 27.7. The first-order valence-corrected chi connectivity index (χ1v) is 19.3. The summed E-state index contributed by atoms with van der Waals surface area (Å²) >= 11 is 1.83. The third kappa shape index (κ3) is 5.54.